The van der Waals surface area contributed by atoms with Gasteiger partial charge in [-0.2, -0.15) is 0 Å². The molecule has 0 saturated carbocycles. The van der Waals surface area contributed by atoms with Crippen molar-refractivity contribution in [2.45, 2.75) is 91.0 Å². The Morgan fingerprint density at radius 2 is 1.38 bits per heavy atom. The first-order valence-electron chi connectivity index (χ1n) is 14.6. The van der Waals surface area contributed by atoms with Crippen LogP contribution in [0.15, 0.2) is 54.6 Å². The standard InChI is InChI=1S/C33H52NO3/c1-5-6-7-8-9-10-11-13-18-30-21-23-32(24-22-30)36-25-16-17-26-37-33(35)29(2)27-34(3,4)28-31-19-14-12-15-20-31/h12,14-15,19-24,29H,5-11,13,16-18,25-28H2,1-4H3/q+1. The number of ether oxygens (including phenoxy) is 2. The topological polar surface area (TPSA) is 35.5 Å². The van der Waals surface area contributed by atoms with E-state index in [0.717, 1.165) is 42.6 Å². The number of hydrogen-bond donors (Lipinski definition) is 0. The molecule has 2 aromatic rings. The number of esters is 1. The molecule has 0 aliphatic rings. The molecule has 1 unspecified atom stereocenters. The molecule has 37 heavy (non-hydrogen) atoms. The summed E-state index contributed by atoms with van der Waals surface area (Å²) >= 11 is 0. The summed E-state index contributed by atoms with van der Waals surface area (Å²) in [5, 5.41) is 0. The predicted molar refractivity (Wildman–Crippen MR) is 155 cm³/mol. The summed E-state index contributed by atoms with van der Waals surface area (Å²) in [6.45, 7) is 6.99. The fraction of sp³-hybridized carbons (Fsp3) is 0.606. The van der Waals surface area contributed by atoms with Gasteiger partial charge in [0.2, 0.25) is 0 Å². The molecule has 0 amide bonds. The van der Waals surface area contributed by atoms with Crippen molar-refractivity contribution in [3.8, 4) is 5.75 Å². The van der Waals surface area contributed by atoms with E-state index in [1.165, 1.54) is 62.5 Å². The smallest absolute Gasteiger partial charge is 0.314 e. The van der Waals surface area contributed by atoms with Gasteiger partial charge in [-0.05, 0) is 50.3 Å². The van der Waals surface area contributed by atoms with Gasteiger partial charge in [-0.25, -0.2) is 0 Å². The summed E-state index contributed by atoms with van der Waals surface area (Å²) in [4.78, 5) is 12.5. The minimum absolute atomic E-state index is 0.104. The molecular weight excluding hydrogens is 458 g/mol. The van der Waals surface area contributed by atoms with Crippen LogP contribution in [0.2, 0.25) is 0 Å². The lowest BCUT2D eigenvalue weighted by atomic mass is 10.0. The number of quaternary nitrogens is 1. The molecule has 2 aromatic carbocycles. The normalized spacial score (nSPS) is 12.3. The second-order valence-corrected chi connectivity index (χ2v) is 11.3. The van der Waals surface area contributed by atoms with E-state index in [1.54, 1.807) is 0 Å². The van der Waals surface area contributed by atoms with Crippen LogP contribution in [-0.2, 0) is 22.5 Å². The molecule has 0 aliphatic carbocycles. The van der Waals surface area contributed by atoms with Crippen molar-refractivity contribution in [2.24, 2.45) is 5.92 Å². The first-order valence-corrected chi connectivity index (χ1v) is 14.6. The maximum absolute atomic E-state index is 12.5. The average molecular weight is 511 g/mol. The number of rotatable bonds is 20. The van der Waals surface area contributed by atoms with Gasteiger partial charge >= 0.3 is 5.97 Å². The van der Waals surface area contributed by atoms with Crippen LogP contribution in [0, 0.1) is 5.92 Å². The maximum Gasteiger partial charge on any atom is 0.314 e. The number of benzene rings is 2. The third kappa shape index (κ3) is 14.3. The van der Waals surface area contributed by atoms with Crippen molar-refractivity contribution in [3.05, 3.63) is 65.7 Å². The zero-order chi connectivity index (χ0) is 26.8. The molecule has 0 heterocycles. The molecule has 0 aromatic heterocycles. The fourth-order valence-corrected chi connectivity index (χ4v) is 4.88. The van der Waals surface area contributed by atoms with E-state index in [2.05, 4.69) is 69.6 Å². The number of nitrogens with zero attached hydrogens (tertiary/aromatic N) is 1. The van der Waals surface area contributed by atoms with Gasteiger partial charge in [0.1, 0.15) is 18.2 Å². The summed E-state index contributed by atoms with van der Waals surface area (Å²) in [5.41, 5.74) is 2.68. The first-order chi connectivity index (χ1) is 17.9. The highest BCUT2D eigenvalue weighted by atomic mass is 16.5. The van der Waals surface area contributed by atoms with Crippen LogP contribution in [0.25, 0.3) is 0 Å². The summed E-state index contributed by atoms with van der Waals surface area (Å²) < 4.78 is 12.2. The van der Waals surface area contributed by atoms with Gasteiger partial charge in [0.05, 0.1) is 33.9 Å². The first kappa shape index (κ1) is 30.9. The molecule has 0 radical (unpaired) electrons. The lowest BCUT2D eigenvalue weighted by Gasteiger charge is -2.31. The zero-order valence-corrected chi connectivity index (χ0v) is 24.1. The van der Waals surface area contributed by atoms with Crippen molar-refractivity contribution in [2.75, 3.05) is 33.9 Å². The van der Waals surface area contributed by atoms with Crippen molar-refractivity contribution < 1.29 is 18.8 Å². The number of hydrogen-bond acceptors (Lipinski definition) is 3. The summed E-state index contributed by atoms with van der Waals surface area (Å²) in [6, 6.07) is 19.0. The molecule has 4 nitrogen and oxygen atoms in total. The summed E-state index contributed by atoms with van der Waals surface area (Å²) in [7, 11) is 4.33. The Labute approximate surface area is 227 Å². The van der Waals surface area contributed by atoms with Crippen molar-refractivity contribution in [1.29, 1.82) is 0 Å². The van der Waals surface area contributed by atoms with E-state index in [-0.39, 0.29) is 11.9 Å². The second-order valence-electron chi connectivity index (χ2n) is 11.3. The maximum atomic E-state index is 12.5. The Morgan fingerprint density at radius 1 is 0.757 bits per heavy atom. The van der Waals surface area contributed by atoms with E-state index in [0.29, 0.717) is 13.2 Å². The largest absolute Gasteiger partial charge is 0.494 e. The predicted octanol–water partition coefficient (Wildman–Crippen LogP) is 7.98. The lowest BCUT2D eigenvalue weighted by Crippen LogP contribution is -2.44. The Morgan fingerprint density at radius 3 is 2.05 bits per heavy atom. The van der Waals surface area contributed by atoms with Crippen LogP contribution in [0.3, 0.4) is 0 Å². The Hall–Kier alpha value is -2.33. The van der Waals surface area contributed by atoms with Gasteiger partial charge in [0.25, 0.3) is 0 Å². The van der Waals surface area contributed by atoms with Gasteiger partial charge in [-0.15, -0.1) is 0 Å². The second kappa shape index (κ2) is 18.0. The minimum atomic E-state index is -0.126. The van der Waals surface area contributed by atoms with Gasteiger partial charge < -0.3 is 14.0 Å². The Kier molecular flexibility index (Phi) is 15.0. The Balaban J connectivity index is 1.51. The monoisotopic (exact) mass is 510 g/mol. The van der Waals surface area contributed by atoms with E-state index in [9.17, 15) is 4.79 Å². The summed E-state index contributed by atoms with van der Waals surface area (Å²) in [6.07, 6.45) is 13.7. The van der Waals surface area contributed by atoms with Crippen LogP contribution >= 0.6 is 0 Å². The zero-order valence-electron chi connectivity index (χ0n) is 24.1. The van der Waals surface area contributed by atoms with Crippen molar-refractivity contribution in [1.82, 2.24) is 0 Å². The van der Waals surface area contributed by atoms with Crippen LogP contribution in [0.5, 0.6) is 5.75 Å². The average Bonchev–Trinajstić information content (AvgIpc) is 2.88. The van der Waals surface area contributed by atoms with E-state index < -0.39 is 0 Å². The highest BCUT2D eigenvalue weighted by Crippen LogP contribution is 2.17. The molecule has 206 valence electrons. The van der Waals surface area contributed by atoms with Crippen molar-refractivity contribution in [3.63, 3.8) is 0 Å². The van der Waals surface area contributed by atoms with Crippen molar-refractivity contribution >= 4 is 5.97 Å². The van der Waals surface area contributed by atoms with Crippen LogP contribution < -0.4 is 4.74 Å². The Bertz CT molecular complexity index is 848. The van der Waals surface area contributed by atoms with Gasteiger partial charge in [0, 0.05) is 5.56 Å². The molecule has 0 saturated heterocycles. The molecule has 0 fully saturated rings. The van der Waals surface area contributed by atoms with E-state index in [4.69, 9.17) is 9.47 Å². The molecule has 0 bridgehead atoms. The highest BCUT2D eigenvalue weighted by molar-refractivity contribution is 5.72. The van der Waals surface area contributed by atoms with Crippen LogP contribution in [-0.4, -0.2) is 44.3 Å². The molecule has 0 aliphatic heterocycles. The molecule has 1 atom stereocenters. The number of carbonyl (C=O) groups is 1. The molecule has 0 N–H and O–H groups in total. The number of unbranched alkanes of at least 4 members (excludes halogenated alkanes) is 8. The molecular formula is C33H52NO3+. The fourth-order valence-electron chi connectivity index (χ4n) is 4.88. The summed E-state index contributed by atoms with van der Waals surface area (Å²) in [5.74, 6) is 0.690. The quantitative estimate of drug-likeness (QED) is 0.103. The minimum Gasteiger partial charge on any atom is -0.494 e. The number of carbonyl (C=O) groups excluding carboxylic acids is 1. The van der Waals surface area contributed by atoms with Gasteiger partial charge in [-0.1, -0.05) is 94.3 Å². The van der Waals surface area contributed by atoms with Crippen LogP contribution in [0.1, 0.15) is 89.2 Å². The third-order valence-corrected chi connectivity index (χ3v) is 6.92. The molecule has 4 heteroatoms. The number of aryl methyl sites for hydroxylation is 1. The highest BCUT2D eigenvalue weighted by Gasteiger charge is 2.25. The van der Waals surface area contributed by atoms with Gasteiger partial charge in [0.15, 0.2) is 0 Å². The van der Waals surface area contributed by atoms with E-state index >= 15 is 0 Å². The van der Waals surface area contributed by atoms with Crippen LogP contribution in [0.4, 0.5) is 0 Å². The SMILES string of the molecule is CCCCCCCCCCc1ccc(OCCCCOC(=O)C(C)C[N+](C)(C)Cc2ccccc2)cc1. The third-order valence-electron chi connectivity index (χ3n) is 6.92. The van der Waals surface area contributed by atoms with Gasteiger partial charge in [-0.3, -0.25) is 4.79 Å². The molecule has 0 spiro atoms. The molecule has 2 rings (SSSR count). The van der Waals surface area contributed by atoms with E-state index in [1.807, 2.05) is 13.0 Å². The lowest BCUT2D eigenvalue weighted by molar-refractivity contribution is -0.905.